The Morgan fingerprint density at radius 2 is 1.86 bits per heavy atom. The number of nitrogens with one attached hydrogen (secondary N) is 1. The Hall–Kier alpha value is -0.680. The molecule has 1 saturated carbocycles. The lowest BCUT2D eigenvalue weighted by molar-refractivity contribution is 0.472. The van der Waals surface area contributed by atoms with Crippen LogP contribution in [0.2, 0.25) is 0 Å². The van der Waals surface area contributed by atoms with Gasteiger partial charge < -0.3 is 5.32 Å². The zero-order valence-corrected chi connectivity index (χ0v) is 14.5. The molecule has 0 spiro atoms. The molecule has 1 aliphatic carbocycles. The molecule has 3 nitrogen and oxygen atoms in total. The molecule has 0 radical (unpaired) electrons. The Balaban J connectivity index is 2.11. The number of hydrogen-bond acceptors (Lipinski definition) is 4. The van der Waals surface area contributed by atoms with Crippen molar-refractivity contribution in [3.05, 3.63) is 24.3 Å². The third kappa shape index (κ3) is 4.39. The van der Waals surface area contributed by atoms with Crippen molar-refractivity contribution in [2.45, 2.75) is 55.2 Å². The van der Waals surface area contributed by atoms with Crippen LogP contribution < -0.4 is 5.32 Å². The van der Waals surface area contributed by atoms with Gasteiger partial charge in [-0.3, -0.25) is 0 Å². The van der Waals surface area contributed by atoms with Gasteiger partial charge in [0.15, 0.2) is 9.84 Å². The third-order valence-electron chi connectivity index (χ3n) is 4.06. The molecule has 1 fully saturated rings. The minimum absolute atomic E-state index is 0.213. The quantitative estimate of drug-likeness (QED) is 0.859. The van der Waals surface area contributed by atoms with Gasteiger partial charge in [-0.25, -0.2) is 8.42 Å². The largest absolute Gasteiger partial charge is 0.381 e. The highest BCUT2D eigenvalue weighted by molar-refractivity contribution is 7.99. The maximum Gasteiger partial charge on any atom is 0.180 e. The predicted octanol–water partition coefficient (Wildman–Crippen LogP) is 3.96. The molecular formula is C16H25NO2S2. The van der Waals surface area contributed by atoms with Gasteiger partial charge in [0.25, 0.3) is 0 Å². The first-order chi connectivity index (χ1) is 10.1. The van der Waals surface area contributed by atoms with Gasteiger partial charge in [-0.05, 0) is 50.5 Å². The molecule has 1 N–H and O–H groups in total. The van der Waals surface area contributed by atoms with E-state index in [1.807, 2.05) is 30.8 Å². The van der Waals surface area contributed by atoms with Crippen LogP contribution >= 0.6 is 11.8 Å². The molecule has 0 aromatic heterocycles. The number of rotatable bonds is 6. The summed E-state index contributed by atoms with van der Waals surface area (Å²) in [6.07, 6.45) is 7.48. The average molecular weight is 328 g/mol. The maximum atomic E-state index is 12.3. The van der Waals surface area contributed by atoms with E-state index in [1.165, 1.54) is 12.8 Å². The van der Waals surface area contributed by atoms with E-state index in [0.717, 1.165) is 23.8 Å². The van der Waals surface area contributed by atoms with Gasteiger partial charge in [-0.2, -0.15) is 11.8 Å². The van der Waals surface area contributed by atoms with E-state index in [4.69, 9.17) is 0 Å². The molecule has 118 valence electrons. The van der Waals surface area contributed by atoms with Crippen molar-refractivity contribution in [3.8, 4) is 0 Å². The summed E-state index contributed by atoms with van der Waals surface area (Å²) in [6.45, 7) is 1.90. The fourth-order valence-electron chi connectivity index (χ4n) is 2.90. The summed E-state index contributed by atoms with van der Waals surface area (Å²) in [6, 6.07) is 7.72. The summed E-state index contributed by atoms with van der Waals surface area (Å²) in [7, 11) is -3.17. The Labute approximate surface area is 132 Å². The van der Waals surface area contributed by atoms with Crippen molar-refractivity contribution in [2.24, 2.45) is 0 Å². The van der Waals surface area contributed by atoms with Crippen molar-refractivity contribution in [3.63, 3.8) is 0 Å². The lowest BCUT2D eigenvalue weighted by Crippen LogP contribution is -2.27. The standard InChI is InChI=1S/C16H25NO2S2/c1-3-12-21(18,19)16-7-5-4-6-15(16)17-13-8-10-14(20-2)11-9-13/h4-7,13-14,17H,3,8-12H2,1-2H3. The average Bonchev–Trinajstić information content (AvgIpc) is 2.48. The van der Waals surface area contributed by atoms with Gasteiger partial charge in [0.2, 0.25) is 0 Å². The molecule has 0 unspecified atom stereocenters. The van der Waals surface area contributed by atoms with Gasteiger partial charge in [0, 0.05) is 11.3 Å². The molecule has 1 aliphatic rings. The predicted molar refractivity (Wildman–Crippen MR) is 92.0 cm³/mol. The van der Waals surface area contributed by atoms with Crippen LogP contribution in [0.15, 0.2) is 29.2 Å². The molecule has 1 aromatic rings. The van der Waals surface area contributed by atoms with Crippen LogP contribution in [-0.2, 0) is 9.84 Å². The van der Waals surface area contributed by atoms with Crippen molar-refractivity contribution in [2.75, 3.05) is 17.3 Å². The summed E-state index contributed by atoms with van der Waals surface area (Å²) in [4.78, 5) is 0.457. The summed E-state index contributed by atoms with van der Waals surface area (Å²) >= 11 is 1.94. The molecular weight excluding hydrogens is 302 g/mol. The van der Waals surface area contributed by atoms with Crippen LogP contribution in [-0.4, -0.2) is 31.7 Å². The van der Waals surface area contributed by atoms with E-state index in [-0.39, 0.29) is 5.75 Å². The van der Waals surface area contributed by atoms with Crippen LogP contribution in [0.1, 0.15) is 39.0 Å². The summed E-state index contributed by atoms with van der Waals surface area (Å²) in [5, 5.41) is 4.24. The lowest BCUT2D eigenvalue weighted by atomic mass is 9.95. The normalized spacial score (nSPS) is 23.0. The van der Waals surface area contributed by atoms with E-state index < -0.39 is 9.84 Å². The van der Waals surface area contributed by atoms with Crippen LogP contribution in [0.3, 0.4) is 0 Å². The second-order valence-electron chi connectivity index (χ2n) is 5.67. The molecule has 1 aromatic carbocycles. The zero-order chi connectivity index (χ0) is 15.3. The molecule has 0 saturated heterocycles. The van der Waals surface area contributed by atoms with Gasteiger partial charge in [0.1, 0.15) is 0 Å². The molecule has 2 rings (SSSR count). The van der Waals surface area contributed by atoms with Crippen LogP contribution in [0.25, 0.3) is 0 Å². The smallest absolute Gasteiger partial charge is 0.180 e. The monoisotopic (exact) mass is 327 g/mol. The van der Waals surface area contributed by atoms with E-state index in [9.17, 15) is 8.42 Å². The Kier molecular flexibility index (Phi) is 5.99. The van der Waals surface area contributed by atoms with Crippen molar-refractivity contribution in [1.82, 2.24) is 0 Å². The second-order valence-corrected chi connectivity index (χ2v) is 8.88. The highest BCUT2D eigenvalue weighted by Crippen LogP contribution is 2.30. The number of hydrogen-bond donors (Lipinski definition) is 1. The van der Waals surface area contributed by atoms with Crippen LogP contribution in [0.4, 0.5) is 5.69 Å². The highest BCUT2D eigenvalue weighted by atomic mass is 32.2. The van der Waals surface area contributed by atoms with Crippen molar-refractivity contribution >= 4 is 27.3 Å². The molecule has 0 atom stereocenters. The maximum absolute atomic E-state index is 12.3. The van der Waals surface area contributed by atoms with E-state index >= 15 is 0 Å². The number of thioether (sulfide) groups is 1. The fourth-order valence-corrected chi connectivity index (χ4v) is 5.15. The van der Waals surface area contributed by atoms with Crippen LogP contribution in [0.5, 0.6) is 0 Å². The SMILES string of the molecule is CCCS(=O)(=O)c1ccccc1NC1CCC(SC)CC1. The van der Waals surface area contributed by atoms with E-state index in [2.05, 4.69) is 11.6 Å². The zero-order valence-electron chi connectivity index (χ0n) is 12.8. The molecule has 0 aliphatic heterocycles. The minimum atomic E-state index is -3.17. The molecule has 0 bridgehead atoms. The first-order valence-electron chi connectivity index (χ1n) is 7.68. The van der Waals surface area contributed by atoms with Gasteiger partial charge in [0.05, 0.1) is 16.3 Å². The van der Waals surface area contributed by atoms with E-state index in [0.29, 0.717) is 17.4 Å². The molecule has 0 amide bonds. The highest BCUT2D eigenvalue weighted by Gasteiger charge is 2.23. The van der Waals surface area contributed by atoms with Gasteiger partial charge in [-0.15, -0.1) is 0 Å². The number of para-hydroxylation sites is 1. The first-order valence-corrected chi connectivity index (χ1v) is 10.6. The minimum Gasteiger partial charge on any atom is -0.381 e. The number of benzene rings is 1. The molecule has 21 heavy (non-hydrogen) atoms. The Bertz CT molecular complexity index is 549. The van der Waals surface area contributed by atoms with Crippen molar-refractivity contribution in [1.29, 1.82) is 0 Å². The van der Waals surface area contributed by atoms with Crippen LogP contribution in [0, 0.1) is 0 Å². The Morgan fingerprint density at radius 3 is 2.48 bits per heavy atom. The Morgan fingerprint density at radius 1 is 1.19 bits per heavy atom. The molecule has 0 heterocycles. The van der Waals surface area contributed by atoms with Gasteiger partial charge >= 0.3 is 0 Å². The first kappa shape index (κ1) is 16.7. The number of anilines is 1. The topological polar surface area (TPSA) is 46.2 Å². The lowest BCUT2D eigenvalue weighted by Gasteiger charge is -2.29. The second kappa shape index (κ2) is 7.54. The van der Waals surface area contributed by atoms with E-state index in [1.54, 1.807) is 12.1 Å². The summed E-state index contributed by atoms with van der Waals surface area (Å²) < 4.78 is 24.7. The third-order valence-corrected chi connectivity index (χ3v) is 7.17. The number of sulfone groups is 1. The summed E-state index contributed by atoms with van der Waals surface area (Å²) in [5.74, 6) is 0.213. The summed E-state index contributed by atoms with van der Waals surface area (Å²) in [5.41, 5.74) is 0.776. The van der Waals surface area contributed by atoms with Gasteiger partial charge in [-0.1, -0.05) is 19.1 Å². The molecule has 5 heteroatoms. The van der Waals surface area contributed by atoms with Crippen molar-refractivity contribution < 1.29 is 8.42 Å². The fraction of sp³-hybridized carbons (Fsp3) is 0.625.